The molecule has 0 aromatic heterocycles. The number of hydrogen-bond acceptors (Lipinski definition) is 4. The zero-order chi connectivity index (χ0) is 21.8. The van der Waals surface area contributed by atoms with Gasteiger partial charge in [-0.2, -0.15) is 0 Å². The van der Waals surface area contributed by atoms with Gasteiger partial charge in [-0.05, 0) is 36.4 Å². The van der Waals surface area contributed by atoms with Gasteiger partial charge in [-0.1, -0.05) is 37.0 Å². The number of hydrogen-bond donors (Lipinski definition) is 1. The average molecular weight is 450 g/mol. The van der Waals surface area contributed by atoms with Gasteiger partial charge in [-0.25, -0.2) is 0 Å². The maximum atomic E-state index is 12.7. The first-order valence-electron chi connectivity index (χ1n) is 9.78. The van der Waals surface area contributed by atoms with Gasteiger partial charge in [0.2, 0.25) is 5.91 Å². The van der Waals surface area contributed by atoms with E-state index in [0.717, 1.165) is 5.69 Å². The minimum Gasteiger partial charge on any atom is -0.496 e. The molecule has 30 heavy (non-hydrogen) atoms. The Labute approximate surface area is 186 Å². The number of nitrogens with zero attached hydrogens (tertiary/aromatic N) is 2. The second-order valence-corrected chi connectivity index (χ2v) is 8.28. The Morgan fingerprint density at radius 3 is 2.33 bits per heavy atom. The van der Waals surface area contributed by atoms with Gasteiger partial charge in [0, 0.05) is 42.8 Å². The van der Waals surface area contributed by atoms with Crippen molar-refractivity contribution in [2.75, 3.05) is 43.5 Å². The lowest BCUT2D eigenvalue weighted by Crippen LogP contribution is -2.50. The van der Waals surface area contributed by atoms with Crippen LogP contribution in [-0.4, -0.2) is 50.0 Å². The van der Waals surface area contributed by atoms with Gasteiger partial charge in [0.05, 0.1) is 23.4 Å². The molecule has 6 nitrogen and oxygen atoms in total. The van der Waals surface area contributed by atoms with Crippen molar-refractivity contribution in [1.82, 2.24) is 4.90 Å². The smallest absolute Gasteiger partial charge is 0.259 e. The predicted octanol–water partition coefficient (Wildman–Crippen LogP) is 4.56. The number of methoxy groups -OCH3 is 1. The normalized spacial score (nSPS) is 14.1. The van der Waals surface area contributed by atoms with E-state index in [1.807, 2.05) is 30.9 Å². The number of rotatable bonds is 5. The van der Waals surface area contributed by atoms with Crippen LogP contribution in [0.1, 0.15) is 24.2 Å². The van der Waals surface area contributed by atoms with E-state index in [2.05, 4.69) is 10.2 Å². The van der Waals surface area contributed by atoms with Gasteiger partial charge in [-0.15, -0.1) is 0 Å². The lowest BCUT2D eigenvalue weighted by molar-refractivity contribution is -0.134. The zero-order valence-electron chi connectivity index (χ0n) is 17.2. The van der Waals surface area contributed by atoms with E-state index >= 15 is 0 Å². The topological polar surface area (TPSA) is 61.9 Å². The summed E-state index contributed by atoms with van der Waals surface area (Å²) in [7, 11) is 1.50. The van der Waals surface area contributed by atoms with Crippen molar-refractivity contribution in [2.45, 2.75) is 13.8 Å². The largest absolute Gasteiger partial charge is 0.496 e. The van der Waals surface area contributed by atoms with Gasteiger partial charge in [-0.3, -0.25) is 9.59 Å². The number of halogens is 2. The molecule has 0 aliphatic carbocycles. The first kappa shape index (κ1) is 22.2. The van der Waals surface area contributed by atoms with E-state index < -0.39 is 0 Å². The summed E-state index contributed by atoms with van der Waals surface area (Å²) in [4.78, 5) is 28.9. The van der Waals surface area contributed by atoms with Crippen molar-refractivity contribution in [3.63, 3.8) is 0 Å². The molecule has 2 amide bonds. The fourth-order valence-corrected chi connectivity index (χ4v) is 3.90. The summed E-state index contributed by atoms with van der Waals surface area (Å²) in [6, 6.07) is 10.3. The van der Waals surface area contributed by atoms with Crippen molar-refractivity contribution in [2.24, 2.45) is 5.92 Å². The van der Waals surface area contributed by atoms with Crippen molar-refractivity contribution in [3.05, 3.63) is 52.0 Å². The number of piperazine rings is 1. The highest BCUT2D eigenvalue weighted by molar-refractivity contribution is 6.33. The van der Waals surface area contributed by atoms with Crippen LogP contribution in [0.25, 0.3) is 0 Å². The average Bonchev–Trinajstić information content (AvgIpc) is 2.73. The number of nitrogens with one attached hydrogen (secondary N) is 1. The Balaban J connectivity index is 1.68. The van der Waals surface area contributed by atoms with E-state index in [4.69, 9.17) is 27.9 Å². The summed E-state index contributed by atoms with van der Waals surface area (Å²) in [5.41, 5.74) is 1.80. The van der Waals surface area contributed by atoms with E-state index in [9.17, 15) is 9.59 Å². The molecule has 1 heterocycles. The van der Waals surface area contributed by atoms with Crippen LogP contribution in [0, 0.1) is 5.92 Å². The molecule has 0 unspecified atom stereocenters. The molecule has 2 aromatic rings. The molecule has 8 heteroatoms. The Bertz CT molecular complexity index is 941. The summed E-state index contributed by atoms with van der Waals surface area (Å²) >= 11 is 12.5. The molecule has 0 bridgehead atoms. The van der Waals surface area contributed by atoms with Crippen LogP contribution in [0.4, 0.5) is 11.4 Å². The Kier molecular flexibility index (Phi) is 7.10. The molecule has 0 spiro atoms. The van der Waals surface area contributed by atoms with Crippen LogP contribution in [0.5, 0.6) is 5.75 Å². The molecule has 1 fully saturated rings. The van der Waals surface area contributed by atoms with Crippen LogP contribution >= 0.6 is 23.2 Å². The van der Waals surface area contributed by atoms with E-state index in [0.29, 0.717) is 53.2 Å². The molecule has 3 rings (SSSR count). The lowest BCUT2D eigenvalue weighted by Gasteiger charge is -2.37. The van der Waals surface area contributed by atoms with Gasteiger partial charge in [0.15, 0.2) is 0 Å². The molecule has 1 N–H and O–H groups in total. The third-order valence-electron chi connectivity index (χ3n) is 5.04. The molecule has 0 radical (unpaired) electrons. The van der Waals surface area contributed by atoms with Crippen molar-refractivity contribution in [3.8, 4) is 5.75 Å². The zero-order valence-corrected chi connectivity index (χ0v) is 18.8. The van der Waals surface area contributed by atoms with Crippen molar-refractivity contribution >= 4 is 46.4 Å². The molecule has 0 saturated carbocycles. The molecule has 1 aliphatic heterocycles. The number of carbonyl (C=O) groups excluding carboxylic acids is 2. The van der Waals surface area contributed by atoms with Gasteiger partial charge < -0.3 is 19.9 Å². The van der Waals surface area contributed by atoms with E-state index in [1.165, 1.54) is 7.11 Å². The second-order valence-electron chi connectivity index (χ2n) is 7.43. The maximum Gasteiger partial charge on any atom is 0.259 e. The van der Waals surface area contributed by atoms with Crippen molar-refractivity contribution < 1.29 is 14.3 Å². The van der Waals surface area contributed by atoms with Crippen LogP contribution in [0.15, 0.2) is 36.4 Å². The van der Waals surface area contributed by atoms with Crippen LogP contribution < -0.4 is 15.0 Å². The SMILES string of the molecule is COc1ccc(Cl)cc1C(=O)Nc1ccc(N2CCN(C(=O)C(C)C)CC2)c(Cl)c1. The summed E-state index contributed by atoms with van der Waals surface area (Å²) in [6.45, 7) is 6.59. The standard InChI is InChI=1S/C22H25Cl2N3O3/c1-14(2)22(29)27-10-8-26(9-11-27)19-6-5-16(13-18(19)24)25-21(28)17-12-15(23)4-7-20(17)30-3/h4-7,12-14H,8-11H2,1-3H3,(H,25,28). The summed E-state index contributed by atoms with van der Waals surface area (Å²) in [5.74, 6) is 0.281. The first-order valence-corrected chi connectivity index (χ1v) is 10.5. The summed E-state index contributed by atoms with van der Waals surface area (Å²) in [6.07, 6.45) is 0. The second kappa shape index (κ2) is 9.58. The number of anilines is 2. The minimum absolute atomic E-state index is 0.00107. The monoisotopic (exact) mass is 449 g/mol. The molecule has 0 atom stereocenters. The fourth-order valence-electron chi connectivity index (χ4n) is 3.43. The van der Waals surface area contributed by atoms with Crippen LogP contribution in [0.3, 0.4) is 0 Å². The quantitative estimate of drug-likeness (QED) is 0.726. The van der Waals surface area contributed by atoms with Gasteiger partial charge in [0.1, 0.15) is 5.75 Å². The predicted molar refractivity (Wildman–Crippen MR) is 121 cm³/mol. The maximum absolute atomic E-state index is 12.7. The summed E-state index contributed by atoms with van der Waals surface area (Å²) < 4.78 is 5.24. The van der Waals surface area contributed by atoms with Gasteiger partial charge >= 0.3 is 0 Å². The fraction of sp³-hybridized carbons (Fsp3) is 0.364. The third-order valence-corrected chi connectivity index (χ3v) is 5.58. The number of carbonyl (C=O) groups is 2. The molecular weight excluding hydrogens is 425 g/mol. The Hall–Kier alpha value is -2.44. The number of ether oxygens (including phenoxy) is 1. The molecule has 1 saturated heterocycles. The van der Waals surface area contributed by atoms with Crippen LogP contribution in [-0.2, 0) is 4.79 Å². The van der Waals surface area contributed by atoms with Crippen molar-refractivity contribution in [1.29, 1.82) is 0 Å². The highest BCUT2D eigenvalue weighted by Gasteiger charge is 2.24. The van der Waals surface area contributed by atoms with Crippen LogP contribution in [0.2, 0.25) is 10.0 Å². The van der Waals surface area contributed by atoms with Gasteiger partial charge in [0.25, 0.3) is 5.91 Å². The third kappa shape index (κ3) is 4.99. The Morgan fingerprint density at radius 2 is 1.73 bits per heavy atom. The highest BCUT2D eigenvalue weighted by Crippen LogP contribution is 2.31. The molecule has 160 valence electrons. The minimum atomic E-state index is -0.334. The molecule has 2 aromatic carbocycles. The van der Waals surface area contributed by atoms with E-state index in [1.54, 1.807) is 24.3 Å². The molecular formula is C22H25Cl2N3O3. The number of amides is 2. The molecule has 1 aliphatic rings. The highest BCUT2D eigenvalue weighted by atomic mass is 35.5. The Morgan fingerprint density at radius 1 is 1.03 bits per heavy atom. The van der Waals surface area contributed by atoms with E-state index in [-0.39, 0.29) is 17.7 Å². The number of benzene rings is 2. The first-order chi connectivity index (χ1) is 14.3. The summed E-state index contributed by atoms with van der Waals surface area (Å²) in [5, 5.41) is 3.82. The lowest BCUT2D eigenvalue weighted by atomic mass is 10.1.